The number of aromatic nitrogens is 2. The fourth-order valence-corrected chi connectivity index (χ4v) is 3.72. The van der Waals surface area contributed by atoms with Crippen molar-refractivity contribution < 1.29 is 0 Å². The summed E-state index contributed by atoms with van der Waals surface area (Å²) in [5, 5.41) is 4.21. The lowest BCUT2D eigenvalue weighted by molar-refractivity contribution is 0.567. The highest BCUT2D eigenvalue weighted by atomic mass is 32.1. The molecule has 0 aliphatic carbocycles. The summed E-state index contributed by atoms with van der Waals surface area (Å²) in [6, 6.07) is 16.7. The van der Waals surface area contributed by atoms with Crippen LogP contribution in [0.2, 0.25) is 0 Å². The summed E-state index contributed by atoms with van der Waals surface area (Å²) in [4.78, 5) is 6.76. The maximum absolute atomic E-state index is 5.70. The number of nitrogens with zero attached hydrogens (tertiary/aromatic N) is 3. The smallest absolute Gasteiger partial charge is 0.174 e. The van der Waals surface area contributed by atoms with Gasteiger partial charge in [-0.1, -0.05) is 23.8 Å². The lowest BCUT2D eigenvalue weighted by Crippen LogP contribution is -2.29. The summed E-state index contributed by atoms with van der Waals surface area (Å²) in [7, 11) is 2.04. The zero-order chi connectivity index (χ0) is 17.4. The summed E-state index contributed by atoms with van der Waals surface area (Å²) in [6.07, 6.45) is 6.05. The molecule has 3 heterocycles. The number of rotatable bonds is 3. The van der Waals surface area contributed by atoms with Gasteiger partial charge in [-0.3, -0.25) is 4.98 Å². The summed E-state index contributed by atoms with van der Waals surface area (Å²) in [5.41, 5.74) is 4.54. The van der Waals surface area contributed by atoms with E-state index in [4.69, 9.17) is 12.2 Å². The van der Waals surface area contributed by atoms with E-state index in [1.54, 1.807) is 0 Å². The Bertz CT molecular complexity index is 886. The highest BCUT2D eigenvalue weighted by molar-refractivity contribution is 7.80. The van der Waals surface area contributed by atoms with E-state index < -0.39 is 0 Å². The number of hydrogen-bond acceptors (Lipinski definition) is 2. The second kappa shape index (κ2) is 6.33. The number of thiocarbonyl (C=S) groups is 1. The molecule has 1 saturated heterocycles. The minimum Gasteiger partial charge on any atom is -0.357 e. The molecule has 2 aromatic heterocycles. The van der Waals surface area contributed by atoms with Gasteiger partial charge in [-0.05, 0) is 55.0 Å². The van der Waals surface area contributed by atoms with Crippen LogP contribution < -0.4 is 10.2 Å². The Morgan fingerprint density at radius 3 is 2.52 bits per heavy atom. The maximum Gasteiger partial charge on any atom is 0.174 e. The molecule has 2 atom stereocenters. The van der Waals surface area contributed by atoms with Crippen molar-refractivity contribution in [2.45, 2.75) is 19.0 Å². The van der Waals surface area contributed by atoms with E-state index in [1.165, 1.54) is 11.1 Å². The van der Waals surface area contributed by atoms with Crippen LogP contribution in [0.25, 0.3) is 0 Å². The monoisotopic (exact) mass is 348 g/mol. The molecule has 4 nitrogen and oxygen atoms in total. The minimum atomic E-state index is 0.0115. The Kier molecular flexibility index (Phi) is 4.01. The largest absolute Gasteiger partial charge is 0.357 e. The minimum absolute atomic E-state index is 0.0115. The zero-order valence-corrected chi connectivity index (χ0v) is 15.1. The number of aryl methyl sites for hydroxylation is 2. The Labute approximate surface area is 153 Å². The number of pyridine rings is 1. The molecule has 0 amide bonds. The van der Waals surface area contributed by atoms with Crippen LogP contribution in [0.5, 0.6) is 0 Å². The van der Waals surface area contributed by atoms with Crippen molar-refractivity contribution in [1.82, 2.24) is 14.9 Å². The summed E-state index contributed by atoms with van der Waals surface area (Å²) in [5.74, 6) is 0. The lowest BCUT2D eigenvalue weighted by atomic mass is 9.98. The highest BCUT2D eigenvalue weighted by Crippen LogP contribution is 2.41. The molecule has 5 heteroatoms. The molecule has 25 heavy (non-hydrogen) atoms. The van der Waals surface area contributed by atoms with Gasteiger partial charge >= 0.3 is 0 Å². The molecule has 1 N–H and O–H groups in total. The van der Waals surface area contributed by atoms with Crippen LogP contribution >= 0.6 is 12.2 Å². The van der Waals surface area contributed by atoms with Crippen LogP contribution in [-0.4, -0.2) is 14.7 Å². The SMILES string of the molecule is Cc1ccc(N2C(=S)N[C@H](c3ccccn3)[C@H]2c2ccn(C)c2)cc1. The molecular weight excluding hydrogens is 328 g/mol. The lowest BCUT2D eigenvalue weighted by Gasteiger charge is -2.27. The van der Waals surface area contributed by atoms with Crippen LogP contribution in [0.3, 0.4) is 0 Å². The van der Waals surface area contributed by atoms with Crippen molar-refractivity contribution in [2.75, 3.05) is 4.90 Å². The van der Waals surface area contributed by atoms with E-state index in [0.717, 1.165) is 16.5 Å². The molecule has 126 valence electrons. The first-order valence-corrected chi connectivity index (χ1v) is 8.73. The summed E-state index contributed by atoms with van der Waals surface area (Å²) < 4.78 is 2.07. The van der Waals surface area contributed by atoms with Crippen LogP contribution in [0.4, 0.5) is 5.69 Å². The van der Waals surface area contributed by atoms with Gasteiger partial charge < -0.3 is 14.8 Å². The molecule has 0 bridgehead atoms. The molecule has 1 aliphatic heterocycles. The van der Waals surface area contributed by atoms with Crippen molar-refractivity contribution in [3.8, 4) is 0 Å². The van der Waals surface area contributed by atoms with Crippen molar-refractivity contribution >= 4 is 23.0 Å². The van der Waals surface area contributed by atoms with E-state index in [9.17, 15) is 0 Å². The second-order valence-corrected chi connectivity index (χ2v) is 6.83. The summed E-state index contributed by atoms with van der Waals surface area (Å²) >= 11 is 5.70. The van der Waals surface area contributed by atoms with Gasteiger partial charge in [0.05, 0.1) is 17.8 Å². The average molecular weight is 348 g/mol. The van der Waals surface area contributed by atoms with Crippen LogP contribution in [0, 0.1) is 6.92 Å². The Balaban J connectivity index is 1.81. The van der Waals surface area contributed by atoms with Crippen LogP contribution in [-0.2, 0) is 7.05 Å². The molecule has 1 aliphatic rings. The standard InChI is InChI=1S/C20H20N4S/c1-14-6-8-16(9-7-14)24-19(15-10-12-23(2)13-15)18(22-20(24)25)17-5-3-4-11-21-17/h3-13,18-19H,1-2H3,(H,22,25)/t18-,19-/m1/s1. The highest BCUT2D eigenvalue weighted by Gasteiger charge is 2.40. The third kappa shape index (κ3) is 2.91. The fraction of sp³-hybridized carbons (Fsp3) is 0.200. The first kappa shape index (κ1) is 15.8. The van der Waals surface area contributed by atoms with E-state index in [2.05, 4.69) is 75.5 Å². The quantitative estimate of drug-likeness (QED) is 0.728. The van der Waals surface area contributed by atoms with E-state index in [1.807, 2.05) is 25.4 Å². The molecule has 0 unspecified atom stereocenters. The van der Waals surface area contributed by atoms with Gasteiger partial charge in [0.25, 0.3) is 0 Å². The van der Waals surface area contributed by atoms with Gasteiger partial charge in [0.15, 0.2) is 5.11 Å². The molecule has 3 aromatic rings. The van der Waals surface area contributed by atoms with Gasteiger partial charge in [0.2, 0.25) is 0 Å². The first-order valence-electron chi connectivity index (χ1n) is 8.33. The topological polar surface area (TPSA) is 33.1 Å². The molecular formula is C20H20N4S. The molecule has 0 radical (unpaired) electrons. The molecule has 0 spiro atoms. The molecule has 0 saturated carbocycles. The fourth-order valence-electron chi connectivity index (χ4n) is 3.38. The van der Waals surface area contributed by atoms with Gasteiger partial charge in [-0.2, -0.15) is 0 Å². The first-order chi connectivity index (χ1) is 12.1. The molecule has 1 aromatic carbocycles. The Hall–Kier alpha value is -2.66. The zero-order valence-electron chi connectivity index (χ0n) is 14.3. The molecule has 1 fully saturated rings. The molecule has 4 rings (SSSR count). The predicted molar refractivity (Wildman–Crippen MR) is 105 cm³/mol. The van der Waals surface area contributed by atoms with Crippen LogP contribution in [0.15, 0.2) is 67.1 Å². The normalized spacial score (nSPS) is 19.9. The van der Waals surface area contributed by atoms with Crippen molar-refractivity contribution in [2.24, 2.45) is 7.05 Å². The van der Waals surface area contributed by atoms with Crippen molar-refractivity contribution in [3.63, 3.8) is 0 Å². The summed E-state index contributed by atoms with van der Waals surface area (Å²) in [6.45, 7) is 2.09. The van der Waals surface area contributed by atoms with E-state index in [-0.39, 0.29) is 12.1 Å². The Morgan fingerprint density at radius 1 is 1.08 bits per heavy atom. The predicted octanol–water partition coefficient (Wildman–Crippen LogP) is 3.91. The number of anilines is 1. The third-order valence-corrected chi connectivity index (χ3v) is 4.92. The van der Waals surface area contributed by atoms with Gasteiger partial charge in [0.1, 0.15) is 0 Å². The average Bonchev–Trinajstić information content (AvgIpc) is 3.20. The number of benzene rings is 1. The third-order valence-electron chi connectivity index (χ3n) is 4.61. The van der Waals surface area contributed by atoms with Gasteiger partial charge in [-0.25, -0.2) is 0 Å². The van der Waals surface area contributed by atoms with Gasteiger partial charge in [0, 0.05) is 31.3 Å². The van der Waals surface area contributed by atoms with Gasteiger partial charge in [-0.15, -0.1) is 0 Å². The Morgan fingerprint density at radius 2 is 1.88 bits per heavy atom. The second-order valence-electron chi connectivity index (χ2n) is 6.44. The maximum atomic E-state index is 5.70. The number of nitrogens with one attached hydrogen (secondary N) is 1. The van der Waals surface area contributed by atoms with Crippen molar-refractivity contribution in [1.29, 1.82) is 0 Å². The van der Waals surface area contributed by atoms with Crippen LogP contribution in [0.1, 0.15) is 28.9 Å². The van der Waals surface area contributed by atoms with E-state index >= 15 is 0 Å². The van der Waals surface area contributed by atoms with Crippen molar-refractivity contribution in [3.05, 3.63) is 83.9 Å². The number of hydrogen-bond donors (Lipinski definition) is 1. The van der Waals surface area contributed by atoms with E-state index in [0.29, 0.717) is 0 Å².